The molecular formula is C54H40N4O. The van der Waals surface area contributed by atoms with E-state index in [2.05, 4.69) is 156 Å². The highest BCUT2D eigenvalue weighted by atomic mass is 16.5. The van der Waals surface area contributed by atoms with Crippen molar-refractivity contribution in [2.75, 3.05) is 10.6 Å². The zero-order valence-corrected chi connectivity index (χ0v) is 32.5. The number of nitrogens with zero attached hydrogens (tertiary/aromatic N) is 2. The normalized spacial score (nSPS) is 11.7. The average Bonchev–Trinajstić information content (AvgIpc) is 3.63. The molecule has 59 heavy (non-hydrogen) atoms. The van der Waals surface area contributed by atoms with Crippen molar-refractivity contribution in [3.8, 4) is 28.3 Å². The Morgan fingerprint density at radius 2 is 1.17 bits per heavy atom. The second kappa shape index (κ2) is 14.9. The molecule has 1 aliphatic rings. The molecule has 0 aliphatic carbocycles. The molecule has 11 rings (SSSR count). The van der Waals surface area contributed by atoms with E-state index in [1.165, 1.54) is 43.8 Å². The molecule has 9 aromatic carbocycles. The molecule has 0 bridgehead atoms. The van der Waals surface area contributed by atoms with Crippen LogP contribution in [-0.4, -0.2) is 10.3 Å². The Hall–Kier alpha value is -7.89. The molecule has 282 valence electrons. The molecule has 0 fully saturated rings. The zero-order valence-electron chi connectivity index (χ0n) is 32.5. The van der Waals surface area contributed by atoms with Gasteiger partial charge in [0.1, 0.15) is 0 Å². The fourth-order valence-corrected chi connectivity index (χ4v) is 8.29. The molecule has 1 aliphatic heterocycles. The van der Waals surface area contributed by atoms with Crippen LogP contribution in [-0.2, 0) is 0 Å². The van der Waals surface area contributed by atoms with E-state index in [1.54, 1.807) is 0 Å². The minimum atomic E-state index is 0.466. The molecule has 0 spiro atoms. The van der Waals surface area contributed by atoms with Crippen molar-refractivity contribution in [1.29, 1.82) is 5.41 Å². The SMILES string of the molecule is Cc1cccc(-n2c3ccc(-c4ccc5c(c4)Oc4ccccc4N5c4ccccc4)cc3c3c4ccccc4ccc32)c1.N=C(c1ccccc1)c1ccccc1N. The van der Waals surface area contributed by atoms with Gasteiger partial charge in [0, 0.05) is 39.0 Å². The molecule has 5 heteroatoms. The molecule has 0 unspecified atom stereocenters. The molecule has 0 amide bonds. The van der Waals surface area contributed by atoms with Gasteiger partial charge in [-0.05, 0) is 107 Å². The summed E-state index contributed by atoms with van der Waals surface area (Å²) < 4.78 is 8.94. The first kappa shape index (κ1) is 35.5. The van der Waals surface area contributed by atoms with Gasteiger partial charge in [0.2, 0.25) is 0 Å². The second-order valence-corrected chi connectivity index (χ2v) is 14.8. The number of aryl methyl sites for hydroxylation is 1. The van der Waals surface area contributed by atoms with Crippen LogP contribution in [0.3, 0.4) is 0 Å². The lowest BCUT2D eigenvalue weighted by atomic mass is 9.99. The number of fused-ring (bicyclic) bond motifs is 7. The molecule has 3 N–H and O–H groups in total. The summed E-state index contributed by atoms with van der Waals surface area (Å²) in [6.45, 7) is 2.15. The number of aromatic nitrogens is 1. The third kappa shape index (κ3) is 6.45. The first-order valence-corrected chi connectivity index (χ1v) is 19.8. The van der Waals surface area contributed by atoms with Crippen LogP contribution >= 0.6 is 0 Å². The number of nitrogens with one attached hydrogen (secondary N) is 1. The largest absolute Gasteiger partial charge is 0.453 e. The van der Waals surface area contributed by atoms with Gasteiger partial charge in [-0.25, -0.2) is 0 Å². The van der Waals surface area contributed by atoms with Crippen molar-refractivity contribution in [1.82, 2.24) is 4.57 Å². The summed E-state index contributed by atoms with van der Waals surface area (Å²) in [6.07, 6.45) is 0. The minimum absolute atomic E-state index is 0.466. The number of hydrogen-bond acceptors (Lipinski definition) is 4. The first-order chi connectivity index (χ1) is 29.0. The van der Waals surface area contributed by atoms with Crippen molar-refractivity contribution in [3.63, 3.8) is 0 Å². The number of anilines is 4. The Bertz CT molecular complexity index is 3190. The summed E-state index contributed by atoms with van der Waals surface area (Å²) in [7, 11) is 0. The maximum absolute atomic E-state index is 8.03. The standard InChI is InChI=1S/C41H28N2O.C13H12N2/c1-27-10-9-14-32(24-27)43-35-21-19-29(25-34(35)41-33-15-6-5-11-28(33)18-23-38(41)43)30-20-22-37-40(26-30)44-39-17-8-7-16-36(39)42(37)31-12-3-2-4-13-31;14-12-9-5-4-8-11(12)13(15)10-6-2-1-3-7-10/h2-26H,1H3;1-9,15H,14H2. The number of ether oxygens (including phenoxy) is 1. The summed E-state index contributed by atoms with van der Waals surface area (Å²) in [6, 6.07) is 71.2. The predicted octanol–water partition coefficient (Wildman–Crippen LogP) is 14.2. The smallest absolute Gasteiger partial charge is 0.152 e. The van der Waals surface area contributed by atoms with E-state index in [0.29, 0.717) is 11.4 Å². The Labute approximate surface area is 343 Å². The fraction of sp³-hybridized carbons (Fsp3) is 0.0185. The highest BCUT2D eigenvalue weighted by Crippen LogP contribution is 2.51. The van der Waals surface area contributed by atoms with Gasteiger partial charge in [0.15, 0.2) is 11.5 Å². The van der Waals surface area contributed by atoms with Gasteiger partial charge in [0.25, 0.3) is 0 Å². The van der Waals surface area contributed by atoms with Crippen LogP contribution in [0.25, 0.3) is 49.4 Å². The molecule has 0 saturated heterocycles. The van der Waals surface area contributed by atoms with Gasteiger partial charge in [-0.15, -0.1) is 0 Å². The molecule has 2 heterocycles. The third-order valence-electron chi connectivity index (χ3n) is 11.1. The number of nitrogens with two attached hydrogens (primary N) is 1. The molecule has 10 aromatic rings. The van der Waals surface area contributed by atoms with Gasteiger partial charge in [-0.3, -0.25) is 5.41 Å². The van der Waals surface area contributed by atoms with Crippen LogP contribution in [0.5, 0.6) is 11.5 Å². The van der Waals surface area contributed by atoms with Gasteiger partial charge >= 0.3 is 0 Å². The van der Waals surface area contributed by atoms with Crippen LogP contribution in [0.4, 0.5) is 22.7 Å². The monoisotopic (exact) mass is 760 g/mol. The van der Waals surface area contributed by atoms with Crippen LogP contribution in [0.15, 0.2) is 206 Å². The van der Waals surface area contributed by atoms with Gasteiger partial charge in [-0.2, -0.15) is 0 Å². The van der Waals surface area contributed by atoms with Crippen molar-refractivity contribution in [2.24, 2.45) is 0 Å². The maximum Gasteiger partial charge on any atom is 0.152 e. The number of hydrogen-bond donors (Lipinski definition) is 2. The van der Waals surface area contributed by atoms with E-state index in [0.717, 1.165) is 50.8 Å². The predicted molar refractivity (Wildman–Crippen MR) is 246 cm³/mol. The van der Waals surface area contributed by atoms with E-state index >= 15 is 0 Å². The summed E-state index contributed by atoms with van der Waals surface area (Å²) in [5.74, 6) is 1.70. The first-order valence-electron chi connectivity index (χ1n) is 19.8. The van der Waals surface area contributed by atoms with E-state index in [1.807, 2.05) is 66.7 Å². The summed E-state index contributed by atoms with van der Waals surface area (Å²) in [4.78, 5) is 2.28. The highest BCUT2D eigenvalue weighted by Gasteiger charge is 2.26. The quantitative estimate of drug-likeness (QED) is 0.136. The van der Waals surface area contributed by atoms with Crippen molar-refractivity contribution in [2.45, 2.75) is 6.92 Å². The number of rotatable bonds is 5. The molecule has 0 radical (unpaired) electrons. The average molecular weight is 761 g/mol. The third-order valence-corrected chi connectivity index (χ3v) is 11.1. The van der Waals surface area contributed by atoms with Gasteiger partial charge in [0.05, 0.1) is 28.1 Å². The Kier molecular flexibility index (Phi) is 8.96. The lowest BCUT2D eigenvalue weighted by Crippen LogP contribution is -2.15. The fourth-order valence-electron chi connectivity index (χ4n) is 8.29. The van der Waals surface area contributed by atoms with Crippen molar-refractivity contribution < 1.29 is 4.74 Å². The lowest BCUT2D eigenvalue weighted by molar-refractivity contribution is 0.477. The maximum atomic E-state index is 8.03. The number of benzene rings is 9. The number of nitrogen functional groups attached to an aromatic ring is 1. The summed E-state index contributed by atoms with van der Waals surface area (Å²) in [5.41, 5.74) is 18.9. The summed E-state index contributed by atoms with van der Waals surface area (Å²) in [5, 5.41) is 13.1. The zero-order chi connectivity index (χ0) is 39.9. The van der Waals surface area contributed by atoms with E-state index in [-0.39, 0.29) is 0 Å². The molecule has 0 atom stereocenters. The van der Waals surface area contributed by atoms with Gasteiger partial charge < -0.3 is 19.9 Å². The van der Waals surface area contributed by atoms with Gasteiger partial charge in [-0.1, -0.05) is 133 Å². The second-order valence-electron chi connectivity index (χ2n) is 14.8. The van der Waals surface area contributed by atoms with Crippen LogP contribution in [0, 0.1) is 12.3 Å². The Morgan fingerprint density at radius 1 is 0.508 bits per heavy atom. The summed E-state index contributed by atoms with van der Waals surface area (Å²) >= 11 is 0. The topological polar surface area (TPSA) is 67.3 Å². The van der Waals surface area contributed by atoms with Crippen molar-refractivity contribution >= 4 is 61.0 Å². The van der Waals surface area contributed by atoms with E-state index in [9.17, 15) is 0 Å². The molecule has 0 saturated carbocycles. The van der Waals surface area contributed by atoms with E-state index in [4.69, 9.17) is 15.9 Å². The highest BCUT2D eigenvalue weighted by molar-refractivity contribution is 6.22. The van der Waals surface area contributed by atoms with Crippen LogP contribution in [0.1, 0.15) is 16.7 Å². The molecule has 5 nitrogen and oxygen atoms in total. The van der Waals surface area contributed by atoms with Crippen LogP contribution < -0.4 is 15.4 Å². The molecular weight excluding hydrogens is 721 g/mol. The van der Waals surface area contributed by atoms with E-state index < -0.39 is 0 Å². The van der Waals surface area contributed by atoms with Crippen molar-refractivity contribution in [3.05, 3.63) is 223 Å². The lowest BCUT2D eigenvalue weighted by Gasteiger charge is -2.33. The Morgan fingerprint density at radius 3 is 2.00 bits per heavy atom. The number of para-hydroxylation sites is 4. The minimum Gasteiger partial charge on any atom is -0.453 e. The van der Waals surface area contributed by atoms with Crippen LogP contribution in [0.2, 0.25) is 0 Å². The Balaban J connectivity index is 0.000000237. The molecule has 1 aromatic heterocycles.